The number of carbonyl (C=O) groups is 1. The van der Waals surface area contributed by atoms with Crippen LogP contribution in [0.3, 0.4) is 0 Å². The maximum Gasteiger partial charge on any atom is 0.222 e. The summed E-state index contributed by atoms with van der Waals surface area (Å²) in [6.07, 6.45) is 4.36. The van der Waals surface area contributed by atoms with Gasteiger partial charge in [0.2, 0.25) is 5.91 Å². The van der Waals surface area contributed by atoms with Crippen molar-refractivity contribution in [2.45, 2.75) is 45.1 Å². The van der Waals surface area contributed by atoms with Gasteiger partial charge in [-0.05, 0) is 18.8 Å². The van der Waals surface area contributed by atoms with Crippen molar-refractivity contribution in [1.29, 1.82) is 0 Å². The standard InChI is InChI=1S/C22H27N3O2/c1-16(2)8-9-19(26)25-11-10-22(14-25)15-27-13-18-12-23-21(24-20(18)22)17-6-4-3-5-7-17/h3-7,12,16H,8-11,13-15H2,1-2H3. The number of hydrogen-bond acceptors (Lipinski definition) is 4. The summed E-state index contributed by atoms with van der Waals surface area (Å²) in [5.74, 6) is 1.55. The van der Waals surface area contributed by atoms with Gasteiger partial charge in [0.15, 0.2) is 5.82 Å². The number of fused-ring (bicyclic) bond motifs is 2. The van der Waals surface area contributed by atoms with Gasteiger partial charge in [0.25, 0.3) is 0 Å². The molecule has 1 aromatic heterocycles. The average molecular weight is 365 g/mol. The minimum Gasteiger partial charge on any atom is -0.376 e. The second-order valence-electron chi connectivity index (χ2n) is 8.20. The zero-order chi connectivity index (χ0) is 18.9. The smallest absolute Gasteiger partial charge is 0.222 e. The van der Waals surface area contributed by atoms with Crippen LogP contribution in [0.25, 0.3) is 11.4 Å². The molecule has 1 spiro atoms. The zero-order valence-electron chi connectivity index (χ0n) is 16.1. The van der Waals surface area contributed by atoms with Crippen molar-refractivity contribution in [3.63, 3.8) is 0 Å². The molecule has 2 aliphatic rings. The Bertz CT molecular complexity index is 822. The van der Waals surface area contributed by atoms with Gasteiger partial charge in [-0.2, -0.15) is 0 Å². The number of likely N-dealkylation sites (tertiary alicyclic amines) is 1. The van der Waals surface area contributed by atoms with Gasteiger partial charge in [-0.1, -0.05) is 44.2 Å². The Labute approximate surface area is 160 Å². The first-order chi connectivity index (χ1) is 13.1. The van der Waals surface area contributed by atoms with Gasteiger partial charge < -0.3 is 9.64 Å². The van der Waals surface area contributed by atoms with E-state index in [0.29, 0.717) is 32.1 Å². The van der Waals surface area contributed by atoms with Gasteiger partial charge >= 0.3 is 0 Å². The molecule has 1 unspecified atom stereocenters. The predicted molar refractivity (Wildman–Crippen MR) is 104 cm³/mol. The molecule has 1 amide bonds. The molecule has 1 atom stereocenters. The summed E-state index contributed by atoms with van der Waals surface area (Å²) in [4.78, 5) is 24.1. The summed E-state index contributed by atoms with van der Waals surface area (Å²) < 4.78 is 5.89. The summed E-state index contributed by atoms with van der Waals surface area (Å²) in [6, 6.07) is 10.1. The van der Waals surface area contributed by atoms with Gasteiger partial charge in [0, 0.05) is 36.8 Å². The highest BCUT2D eigenvalue weighted by atomic mass is 16.5. The molecule has 5 heteroatoms. The van der Waals surface area contributed by atoms with Crippen LogP contribution in [-0.2, 0) is 21.6 Å². The van der Waals surface area contributed by atoms with Crippen LogP contribution < -0.4 is 0 Å². The van der Waals surface area contributed by atoms with E-state index in [1.54, 1.807) is 0 Å². The van der Waals surface area contributed by atoms with E-state index in [9.17, 15) is 4.79 Å². The number of rotatable bonds is 4. The van der Waals surface area contributed by atoms with E-state index >= 15 is 0 Å². The lowest BCUT2D eigenvalue weighted by Crippen LogP contribution is -2.41. The summed E-state index contributed by atoms with van der Waals surface area (Å²) in [7, 11) is 0. The lowest BCUT2D eigenvalue weighted by atomic mass is 9.80. The molecule has 3 heterocycles. The first-order valence-corrected chi connectivity index (χ1v) is 9.85. The van der Waals surface area contributed by atoms with Crippen LogP contribution >= 0.6 is 0 Å². The molecule has 0 saturated carbocycles. The molecule has 0 bridgehead atoms. The van der Waals surface area contributed by atoms with E-state index in [-0.39, 0.29) is 11.3 Å². The van der Waals surface area contributed by atoms with E-state index < -0.39 is 0 Å². The van der Waals surface area contributed by atoms with Crippen molar-refractivity contribution >= 4 is 5.91 Å². The van der Waals surface area contributed by atoms with Crippen molar-refractivity contribution in [3.05, 3.63) is 47.8 Å². The second kappa shape index (κ2) is 7.39. The van der Waals surface area contributed by atoms with Crippen LogP contribution in [0.2, 0.25) is 0 Å². The Morgan fingerprint density at radius 2 is 2.11 bits per heavy atom. The molecule has 5 nitrogen and oxygen atoms in total. The zero-order valence-corrected chi connectivity index (χ0v) is 16.1. The fourth-order valence-electron chi connectivity index (χ4n) is 4.09. The molecule has 1 aromatic carbocycles. The molecule has 0 aliphatic carbocycles. The van der Waals surface area contributed by atoms with Crippen molar-refractivity contribution in [2.24, 2.45) is 5.92 Å². The number of carbonyl (C=O) groups excluding carboxylic acids is 1. The third kappa shape index (κ3) is 3.61. The maximum atomic E-state index is 12.6. The Balaban J connectivity index is 1.60. The van der Waals surface area contributed by atoms with Crippen molar-refractivity contribution in [3.8, 4) is 11.4 Å². The van der Waals surface area contributed by atoms with Crippen LogP contribution in [0.15, 0.2) is 36.5 Å². The quantitative estimate of drug-likeness (QED) is 0.831. The Morgan fingerprint density at radius 1 is 1.30 bits per heavy atom. The lowest BCUT2D eigenvalue weighted by Gasteiger charge is -2.34. The van der Waals surface area contributed by atoms with Crippen LogP contribution in [0.4, 0.5) is 0 Å². The maximum absolute atomic E-state index is 12.6. The number of nitrogens with zero attached hydrogens (tertiary/aromatic N) is 3. The molecule has 0 N–H and O–H groups in total. The molecule has 27 heavy (non-hydrogen) atoms. The largest absolute Gasteiger partial charge is 0.376 e. The molecule has 142 valence electrons. The van der Waals surface area contributed by atoms with Crippen LogP contribution in [-0.4, -0.2) is 40.5 Å². The van der Waals surface area contributed by atoms with Crippen LogP contribution in [0, 0.1) is 5.92 Å². The van der Waals surface area contributed by atoms with Gasteiger partial charge in [0.05, 0.1) is 24.3 Å². The van der Waals surface area contributed by atoms with Gasteiger partial charge in [-0.3, -0.25) is 4.79 Å². The highest BCUT2D eigenvalue weighted by molar-refractivity contribution is 5.76. The lowest BCUT2D eigenvalue weighted by molar-refractivity contribution is -0.130. The molecule has 1 saturated heterocycles. The normalized spacial score (nSPS) is 21.7. The van der Waals surface area contributed by atoms with Crippen LogP contribution in [0.1, 0.15) is 44.4 Å². The first-order valence-electron chi connectivity index (χ1n) is 9.85. The van der Waals surface area contributed by atoms with Gasteiger partial charge in [-0.15, -0.1) is 0 Å². The number of benzene rings is 1. The summed E-state index contributed by atoms with van der Waals surface area (Å²) in [5.41, 5.74) is 2.94. The molecular weight excluding hydrogens is 338 g/mol. The number of aromatic nitrogens is 2. The topological polar surface area (TPSA) is 55.3 Å². The summed E-state index contributed by atoms with van der Waals surface area (Å²) >= 11 is 0. The van der Waals surface area contributed by atoms with Gasteiger partial charge in [0.1, 0.15) is 0 Å². The number of ether oxygens (including phenoxy) is 1. The van der Waals surface area contributed by atoms with E-state index in [1.807, 2.05) is 41.4 Å². The molecule has 2 aromatic rings. The highest BCUT2D eigenvalue weighted by Crippen LogP contribution is 2.39. The molecule has 2 aliphatic heterocycles. The third-order valence-electron chi connectivity index (χ3n) is 5.68. The SMILES string of the molecule is CC(C)CCC(=O)N1CCC2(COCc3cnc(-c4ccccc4)nc32)C1. The van der Waals surface area contributed by atoms with Crippen molar-refractivity contribution < 1.29 is 9.53 Å². The van der Waals surface area contributed by atoms with E-state index in [2.05, 4.69) is 18.8 Å². The fourth-order valence-corrected chi connectivity index (χ4v) is 4.09. The monoisotopic (exact) mass is 365 g/mol. The first kappa shape index (κ1) is 18.1. The molecule has 4 rings (SSSR count). The Morgan fingerprint density at radius 3 is 2.89 bits per heavy atom. The minimum atomic E-state index is -0.201. The Hall–Kier alpha value is -2.27. The average Bonchev–Trinajstić information content (AvgIpc) is 3.12. The molecular formula is C22H27N3O2. The highest BCUT2D eigenvalue weighted by Gasteiger charge is 2.46. The predicted octanol–water partition coefficient (Wildman–Crippen LogP) is 3.58. The van der Waals surface area contributed by atoms with E-state index in [1.165, 1.54) is 0 Å². The second-order valence-corrected chi connectivity index (χ2v) is 8.20. The number of amides is 1. The fraction of sp³-hybridized carbons (Fsp3) is 0.500. The molecule has 1 fully saturated rings. The van der Waals surface area contributed by atoms with E-state index in [0.717, 1.165) is 42.0 Å². The van der Waals surface area contributed by atoms with Crippen molar-refractivity contribution in [2.75, 3.05) is 19.7 Å². The summed E-state index contributed by atoms with van der Waals surface area (Å²) in [5, 5.41) is 0. The van der Waals surface area contributed by atoms with Gasteiger partial charge in [-0.25, -0.2) is 9.97 Å². The third-order valence-corrected chi connectivity index (χ3v) is 5.68. The van der Waals surface area contributed by atoms with E-state index in [4.69, 9.17) is 9.72 Å². The number of hydrogen-bond donors (Lipinski definition) is 0. The Kier molecular flexibility index (Phi) is 4.96. The minimum absolute atomic E-state index is 0.201. The van der Waals surface area contributed by atoms with Crippen molar-refractivity contribution in [1.82, 2.24) is 14.9 Å². The van der Waals surface area contributed by atoms with Crippen LogP contribution in [0.5, 0.6) is 0 Å². The summed E-state index contributed by atoms with van der Waals surface area (Å²) in [6.45, 7) is 6.97. The molecule has 0 radical (unpaired) electrons.